The van der Waals surface area contributed by atoms with Crippen LogP contribution in [0.3, 0.4) is 0 Å². The Bertz CT molecular complexity index is 544. The summed E-state index contributed by atoms with van der Waals surface area (Å²) >= 11 is 1.27. The molecule has 0 aromatic carbocycles. The third-order valence-corrected chi connectivity index (χ3v) is 4.00. The van der Waals surface area contributed by atoms with E-state index in [1.807, 2.05) is 0 Å². The molecule has 1 aromatic heterocycles. The summed E-state index contributed by atoms with van der Waals surface area (Å²) < 4.78 is 9.77. The molecule has 128 valence electrons. The Labute approximate surface area is 139 Å². The van der Waals surface area contributed by atoms with Crippen LogP contribution in [0.15, 0.2) is 12.1 Å². The molecule has 2 N–H and O–H groups in total. The number of esters is 2. The van der Waals surface area contributed by atoms with E-state index < -0.39 is 18.0 Å². The summed E-state index contributed by atoms with van der Waals surface area (Å²) in [6, 6.07) is 2.56. The zero-order valence-corrected chi connectivity index (χ0v) is 14.3. The van der Waals surface area contributed by atoms with E-state index >= 15 is 0 Å². The van der Waals surface area contributed by atoms with Crippen LogP contribution in [0.1, 0.15) is 36.4 Å². The summed E-state index contributed by atoms with van der Waals surface area (Å²) in [7, 11) is 1.76. The van der Waals surface area contributed by atoms with Crippen molar-refractivity contribution >= 4 is 34.2 Å². The SMILES string of the molecule is CCOC(=O)CCC(NC(=O)c1ccc(NC)s1)C(=O)OCC. The fraction of sp³-hybridized carbons (Fsp3) is 0.533. The molecule has 23 heavy (non-hydrogen) atoms. The van der Waals surface area contributed by atoms with Crippen LogP contribution in [0.25, 0.3) is 0 Å². The van der Waals surface area contributed by atoms with Gasteiger partial charge in [0, 0.05) is 13.5 Å². The third kappa shape index (κ3) is 6.27. The molecule has 7 nitrogen and oxygen atoms in total. The zero-order chi connectivity index (χ0) is 17.2. The molecule has 1 heterocycles. The summed E-state index contributed by atoms with van der Waals surface area (Å²) in [6.45, 7) is 3.87. The van der Waals surface area contributed by atoms with Crippen LogP contribution in [-0.4, -0.2) is 44.1 Å². The van der Waals surface area contributed by atoms with Gasteiger partial charge in [0.05, 0.1) is 23.1 Å². The van der Waals surface area contributed by atoms with Gasteiger partial charge in [0.25, 0.3) is 5.91 Å². The molecule has 1 atom stereocenters. The maximum absolute atomic E-state index is 12.2. The molecule has 0 aliphatic heterocycles. The average Bonchev–Trinajstić information content (AvgIpc) is 3.00. The Morgan fingerprint density at radius 2 is 1.87 bits per heavy atom. The summed E-state index contributed by atoms with van der Waals surface area (Å²) in [5, 5.41) is 6.39. The first-order valence-electron chi connectivity index (χ1n) is 7.42. The molecule has 0 spiro atoms. The molecule has 1 rings (SSSR count). The third-order valence-electron chi connectivity index (χ3n) is 2.90. The molecule has 0 radical (unpaired) electrons. The number of hydrogen-bond donors (Lipinski definition) is 2. The van der Waals surface area contributed by atoms with Crippen molar-refractivity contribution in [3.8, 4) is 0 Å². The van der Waals surface area contributed by atoms with E-state index in [0.717, 1.165) is 5.00 Å². The van der Waals surface area contributed by atoms with Crippen LogP contribution in [-0.2, 0) is 19.1 Å². The largest absolute Gasteiger partial charge is 0.466 e. The first-order valence-corrected chi connectivity index (χ1v) is 8.24. The van der Waals surface area contributed by atoms with Gasteiger partial charge in [-0.25, -0.2) is 4.79 Å². The fourth-order valence-electron chi connectivity index (χ4n) is 1.81. The minimum absolute atomic E-state index is 0.0316. The minimum Gasteiger partial charge on any atom is -0.466 e. The monoisotopic (exact) mass is 342 g/mol. The van der Waals surface area contributed by atoms with Crippen molar-refractivity contribution in [2.75, 3.05) is 25.6 Å². The normalized spacial score (nSPS) is 11.4. The summed E-state index contributed by atoms with van der Waals surface area (Å²) in [5.41, 5.74) is 0. The number of nitrogens with one attached hydrogen (secondary N) is 2. The Balaban J connectivity index is 2.69. The van der Waals surface area contributed by atoms with E-state index in [1.165, 1.54) is 11.3 Å². The maximum Gasteiger partial charge on any atom is 0.328 e. The van der Waals surface area contributed by atoms with Crippen LogP contribution < -0.4 is 10.6 Å². The second-order valence-corrected chi connectivity index (χ2v) is 5.62. The Kier molecular flexibility index (Phi) is 8.10. The Morgan fingerprint density at radius 1 is 1.17 bits per heavy atom. The molecule has 0 fully saturated rings. The topological polar surface area (TPSA) is 93.7 Å². The molecular weight excluding hydrogens is 320 g/mol. The molecule has 0 aliphatic rings. The van der Waals surface area contributed by atoms with E-state index in [2.05, 4.69) is 10.6 Å². The number of rotatable bonds is 9. The lowest BCUT2D eigenvalue weighted by Crippen LogP contribution is -2.42. The predicted octanol–water partition coefficient (Wildman–Crippen LogP) is 1.79. The highest BCUT2D eigenvalue weighted by atomic mass is 32.1. The molecular formula is C15H22N2O5S. The molecule has 0 aliphatic carbocycles. The highest BCUT2D eigenvalue weighted by molar-refractivity contribution is 7.17. The molecule has 1 aromatic rings. The van der Waals surface area contributed by atoms with Gasteiger partial charge < -0.3 is 20.1 Å². The highest BCUT2D eigenvalue weighted by Gasteiger charge is 2.24. The van der Waals surface area contributed by atoms with Gasteiger partial charge in [-0.15, -0.1) is 11.3 Å². The Hall–Kier alpha value is -2.09. The Morgan fingerprint density at radius 3 is 2.43 bits per heavy atom. The number of hydrogen-bond acceptors (Lipinski definition) is 7. The van der Waals surface area contributed by atoms with Gasteiger partial charge >= 0.3 is 11.9 Å². The summed E-state index contributed by atoms with van der Waals surface area (Å²) in [4.78, 5) is 36.1. The number of amides is 1. The van der Waals surface area contributed by atoms with Crippen LogP contribution in [0.2, 0.25) is 0 Å². The molecule has 8 heteroatoms. The second kappa shape index (κ2) is 9.83. The molecule has 1 unspecified atom stereocenters. The number of carbonyl (C=O) groups excluding carboxylic acids is 3. The number of anilines is 1. The summed E-state index contributed by atoms with van der Waals surface area (Å²) in [5.74, 6) is -1.35. The quantitative estimate of drug-likeness (QED) is 0.665. The highest BCUT2D eigenvalue weighted by Crippen LogP contribution is 2.21. The summed E-state index contributed by atoms with van der Waals surface area (Å²) in [6.07, 6.45) is 0.164. The lowest BCUT2D eigenvalue weighted by atomic mass is 10.1. The molecule has 0 saturated carbocycles. The minimum atomic E-state index is -0.882. The van der Waals surface area contributed by atoms with Crippen molar-refractivity contribution in [1.82, 2.24) is 5.32 Å². The van der Waals surface area contributed by atoms with E-state index in [1.54, 1.807) is 33.0 Å². The fourth-order valence-corrected chi connectivity index (χ4v) is 2.57. The molecule has 1 amide bonds. The van der Waals surface area contributed by atoms with Crippen molar-refractivity contribution in [2.45, 2.75) is 32.7 Å². The van der Waals surface area contributed by atoms with Gasteiger partial charge in [-0.3, -0.25) is 9.59 Å². The number of thiophene rings is 1. The lowest BCUT2D eigenvalue weighted by molar-refractivity contribution is -0.146. The molecule has 0 saturated heterocycles. The zero-order valence-electron chi connectivity index (χ0n) is 13.5. The van der Waals surface area contributed by atoms with Crippen molar-refractivity contribution in [3.63, 3.8) is 0 Å². The lowest BCUT2D eigenvalue weighted by Gasteiger charge is -2.16. The van der Waals surface area contributed by atoms with Gasteiger partial charge in [0.15, 0.2) is 0 Å². The van der Waals surface area contributed by atoms with Gasteiger partial charge in [-0.2, -0.15) is 0 Å². The van der Waals surface area contributed by atoms with E-state index in [4.69, 9.17) is 9.47 Å². The number of ether oxygens (including phenoxy) is 2. The van der Waals surface area contributed by atoms with Crippen LogP contribution in [0.5, 0.6) is 0 Å². The van der Waals surface area contributed by atoms with Gasteiger partial charge in [-0.05, 0) is 32.4 Å². The van der Waals surface area contributed by atoms with Crippen molar-refractivity contribution in [2.24, 2.45) is 0 Å². The first-order chi connectivity index (χ1) is 11.0. The second-order valence-electron chi connectivity index (χ2n) is 4.54. The first kappa shape index (κ1) is 19.0. The maximum atomic E-state index is 12.2. The van der Waals surface area contributed by atoms with Crippen LogP contribution >= 0.6 is 11.3 Å². The van der Waals surface area contributed by atoms with Crippen molar-refractivity contribution < 1.29 is 23.9 Å². The van der Waals surface area contributed by atoms with Crippen LogP contribution in [0, 0.1) is 0 Å². The predicted molar refractivity (Wildman–Crippen MR) is 87.6 cm³/mol. The van der Waals surface area contributed by atoms with Gasteiger partial charge in [-0.1, -0.05) is 0 Å². The average molecular weight is 342 g/mol. The number of carbonyl (C=O) groups is 3. The standard InChI is InChI=1S/C15H22N2O5S/c1-4-21-13(18)9-6-10(15(20)22-5-2)17-14(19)11-7-8-12(16-3)23-11/h7-8,10,16H,4-6,9H2,1-3H3,(H,17,19). The van der Waals surface area contributed by atoms with E-state index in [9.17, 15) is 14.4 Å². The van der Waals surface area contributed by atoms with Crippen molar-refractivity contribution in [3.05, 3.63) is 17.0 Å². The van der Waals surface area contributed by atoms with Gasteiger partial charge in [0.2, 0.25) is 0 Å². The van der Waals surface area contributed by atoms with Crippen molar-refractivity contribution in [1.29, 1.82) is 0 Å². The van der Waals surface area contributed by atoms with E-state index in [-0.39, 0.29) is 32.0 Å². The van der Waals surface area contributed by atoms with Gasteiger partial charge in [0.1, 0.15) is 6.04 Å². The van der Waals surface area contributed by atoms with E-state index in [0.29, 0.717) is 4.88 Å². The smallest absolute Gasteiger partial charge is 0.328 e. The molecule has 0 bridgehead atoms. The van der Waals surface area contributed by atoms with Crippen LogP contribution in [0.4, 0.5) is 5.00 Å².